The van der Waals surface area contributed by atoms with E-state index in [1.807, 2.05) is 42.2 Å². The Labute approximate surface area is 174 Å². The van der Waals surface area contributed by atoms with E-state index in [4.69, 9.17) is 4.74 Å². The lowest BCUT2D eigenvalue weighted by atomic mass is 10.1. The molecule has 1 aliphatic rings. The first-order valence-electron chi connectivity index (χ1n) is 10.3. The predicted octanol–water partition coefficient (Wildman–Crippen LogP) is 3.41. The number of tetrazole rings is 1. The van der Waals surface area contributed by atoms with Crippen molar-refractivity contribution in [3.05, 3.63) is 71.3 Å². The number of aryl methyl sites for hydroxylation is 1. The van der Waals surface area contributed by atoms with Gasteiger partial charge in [0.1, 0.15) is 0 Å². The molecular weight excluding hydrogens is 378 g/mol. The summed E-state index contributed by atoms with van der Waals surface area (Å²) in [6.45, 7) is 3.77. The van der Waals surface area contributed by atoms with E-state index in [1.165, 1.54) is 0 Å². The third kappa shape index (κ3) is 3.52. The van der Waals surface area contributed by atoms with Crippen molar-refractivity contribution in [2.45, 2.75) is 32.4 Å². The van der Waals surface area contributed by atoms with Gasteiger partial charge in [0.2, 0.25) is 0 Å². The summed E-state index contributed by atoms with van der Waals surface area (Å²) in [5, 5.41) is 13.4. The van der Waals surface area contributed by atoms with E-state index in [1.54, 1.807) is 4.52 Å². The zero-order valence-electron chi connectivity index (χ0n) is 16.9. The van der Waals surface area contributed by atoms with Gasteiger partial charge in [-0.05, 0) is 60.0 Å². The second-order valence-corrected chi connectivity index (χ2v) is 7.83. The number of hydrogen-bond acceptors (Lipinski definition) is 5. The largest absolute Gasteiger partial charge is 0.376 e. The van der Waals surface area contributed by atoms with Crippen LogP contribution in [0.25, 0.3) is 16.6 Å². The van der Waals surface area contributed by atoms with Crippen molar-refractivity contribution in [1.29, 1.82) is 0 Å². The molecule has 2 aromatic heterocycles. The second kappa shape index (κ2) is 7.84. The van der Waals surface area contributed by atoms with Gasteiger partial charge >= 0.3 is 0 Å². The molecule has 1 fully saturated rings. The molecule has 7 nitrogen and oxygen atoms in total. The van der Waals surface area contributed by atoms with Crippen LogP contribution in [0.2, 0.25) is 0 Å². The molecule has 0 N–H and O–H groups in total. The quantitative estimate of drug-likeness (QED) is 0.512. The average molecular weight is 401 g/mol. The molecule has 5 rings (SSSR count). The number of rotatable bonds is 5. The van der Waals surface area contributed by atoms with Gasteiger partial charge in [-0.1, -0.05) is 30.3 Å². The lowest BCUT2D eigenvalue weighted by molar-refractivity contribution is 0.0508. The molecule has 0 unspecified atom stereocenters. The topological polar surface area (TPSA) is 72.6 Å². The number of ether oxygens (including phenoxy) is 1. The van der Waals surface area contributed by atoms with Crippen LogP contribution < -0.4 is 0 Å². The van der Waals surface area contributed by atoms with Gasteiger partial charge in [0.15, 0.2) is 5.65 Å². The fraction of sp³-hybridized carbons (Fsp3) is 0.304. The minimum absolute atomic E-state index is 0.0132. The third-order valence-electron chi connectivity index (χ3n) is 5.62. The second-order valence-electron chi connectivity index (χ2n) is 7.83. The van der Waals surface area contributed by atoms with Crippen LogP contribution in [0.5, 0.6) is 0 Å². The maximum absolute atomic E-state index is 13.3. The van der Waals surface area contributed by atoms with Gasteiger partial charge in [0, 0.05) is 36.2 Å². The van der Waals surface area contributed by atoms with Crippen molar-refractivity contribution in [3.63, 3.8) is 0 Å². The number of carbonyl (C=O) groups is 1. The highest BCUT2D eigenvalue weighted by Gasteiger charge is 2.25. The molecule has 2 aromatic carbocycles. The van der Waals surface area contributed by atoms with Crippen molar-refractivity contribution in [3.8, 4) is 0 Å². The molecule has 0 saturated carbocycles. The van der Waals surface area contributed by atoms with E-state index in [-0.39, 0.29) is 12.0 Å². The number of nitrogens with zero attached hydrogens (tertiary/aromatic N) is 5. The van der Waals surface area contributed by atoms with Crippen molar-refractivity contribution in [2.24, 2.45) is 0 Å². The molecule has 4 aromatic rings. The molecule has 0 radical (unpaired) electrons. The zero-order valence-corrected chi connectivity index (χ0v) is 16.9. The van der Waals surface area contributed by atoms with Gasteiger partial charge in [0.05, 0.1) is 11.6 Å². The maximum Gasteiger partial charge on any atom is 0.254 e. The first kappa shape index (κ1) is 18.7. The molecule has 30 heavy (non-hydrogen) atoms. The van der Waals surface area contributed by atoms with Gasteiger partial charge in [-0.25, -0.2) is 0 Å². The van der Waals surface area contributed by atoms with Crippen LogP contribution >= 0.6 is 0 Å². The van der Waals surface area contributed by atoms with Crippen molar-refractivity contribution < 1.29 is 9.53 Å². The molecule has 1 amide bonds. The fourth-order valence-electron chi connectivity index (χ4n) is 4.10. The molecule has 0 bridgehead atoms. The van der Waals surface area contributed by atoms with Crippen LogP contribution in [0.3, 0.4) is 0 Å². The van der Waals surface area contributed by atoms with Crippen LogP contribution in [0.15, 0.2) is 54.6 Å². The minimum Gasteiger partial charge on any atom is -0.376 e. The molecule has 0 spiro atoms. The highest BCUT2D eigenvalue weighted by molar-refractivity contribution is 5.94. The standard InChI is InChI=1S/C23H23N5O2/c1-16-9-10-18-13-19(22-24-25-26-28(22)21(18)12-16)14-27(15-20-8-5-11-30-20)23(29)17-6-3-2-4-7-17/h2-4,6-7,9-10,12-13,20H,5,8,11,14-15H2,1H3/t20-/m1/s1. The van der Waals surface area contributed by atoms with Crippen molar-refractivity contribution in [2.75, 3.05) is 13.2 Å². The lowest BCUT2D eigenvalue weighted by Gasteiger charge is -2.26. The smallest absolute Gasteiger partial charge is 0.254 e. The minimum atomic E-state index is -0.0132. The van der Waals surface area contributed by atoms with E-state index >= 15 is 0 Å². The molecule has 7 heteroatoms. The number of fused-ring (bicyclic) bond motifs is 3. The predicted molar refractivity (Wildman–Crippen MR) is 113 cm³/mol. The number of carbonyl (C=O) groups excluding carboxylic acids is 1. The zero-order chi connectivity index (χ0) is 20.5. The van der Waals surface area contributed by atoms with Crippen molar-refractivity contribution >= 4 is 22.5 Å². The van der Waals surface area contributed by atoms with Crippen LogP contribution in [0, 0.1) is 6.92 Å². The summed E-state index contributed by atoms with van der Waals surface area (Å²) in [7, 11) is 0. The Bertz CT molecular complexity index is 1200. The van der Waals surface area contributed by atoms with Gasteiger partial charge < -0.3 is 9.64 Å². The Kier molecular flexibility index (Phi) is 4.88. The summed E-state index contributed by atoms with van der Waals surface area (Å²) in [5.74, 6) is -0.0132. The average Bonchev–Trinajstić information content (AvgIpc) is 3.46. The Balaban J connectivity index is 1.55. The summed E-state index contributed by atoms with van der Waals surface area (Å²) >= 11 is 0. The molecule has 1 aliphatic heterocycles. The third-order valence-corrected chi connectivity index (χ3v) is 5.62. The van der Waals surface area contributed by atoms with Gasteiger partial charge in [-0.3, -0.25) is 4.79 Å². The van der Waals surface area contributed by atoms with Gasteiger partial charge in [-0.15, -0.1) is 5.10 Å². The summed E-state index contributed by atoms with van der Waals surface area (Å²) in [4.78, 5) is 15.2. The monoisotopic (exact) mass is 401 g/mol. The normalized spacial score (nSPS) is 16.4. The number of amides is 1. The number of hydrogen-bond donors (Lipinski definition) is 0. The first-order valence-corrected chi connectivity index (χ1v) is 10.3. The SMILES string of the molecule is Cc1ccc2cc(CN(C[C@H]3CCCO3)C(=O)c3ccccc3)c3nnnn3c2c1. The van der Waals surface area contributed by atoms with Crippen LogP contribution in [-0.2, 0) is 11.3 Å². The van der Waals surface area contributed by atoms with Gasteiger partial charge in [0.25, 0.3) is 5.91 Å². The molecule has 1 atom stereocenters. The van der Waals surface area contributed by atoms with Crippen molar-refractivity contribution in [1.82, 2.24) is 24.9 Å². The fourth-order valence-corrected chi connectivity index (χ4v) is 4.10. The van der Waals surface area contributed by atoms with E-state index in [9.17, 15) is 4.79 Å². The van der Waals surface area contributed by atoms with Crippen LogP contribution in [-0.4, -0.2) is 50.1 Å². The highest BCUT2D eigenvalue weighted by Crippen LogP contribution is 2.23. The van der Waals surface area contributed by atoms with E-state index < -0.39 is 0 Å². The maximum atomic E-state index is 13.3. The first-order chi connectivity index (χ1) is 14.7. The van der Waals surface area contributed by atoms with E-state index in [2.05, 4.69) is 39.8 Å². The Morgan fingerprint density at radius 2 is 2.07 bits per heavy atom. The van der Waals surface area contributed by atoms with E-state index in [0.29, 0.717) is 24.3 Å². The molecule has 152 valence electrons. The molecular formula is C23H23N5O2. The Hall–Kier alpha value is -3.32. The Morgan fingerprint density at radius 3 is 2.87 bits per heavy atom. The van der Waals surface area contributed by atoms with Crippen LogP contribution in [0.4, 0.5) is 0 Å². The summed E-state index contributed by atoms with van der Waals surface area (Å²) in [6, 6.07) is 17.7. The Morgan fingerprint density at radius 1 is 1.20 bits per heavy atom. The number of benzene rings is 2. The van der Waals surface area contributed by atoms with E-state index in [0.717, 1.165) is 41.5 Å². The molecule has 3 heterocycles. The number of aromatic nitrogens is 4. The highest BCUT2D eigenvalue weighted by atomic mass is 16.5. The number of pyridine rings is 1. The van der Waals surface area contributed by atoms with Crippen LogP contribution in [0.1, 0.15) is 34.3 Å². The summed E-state index contributed by atoms with van der Waals surface area (Å²) < 4.78 is 7.58. The lowest BCUT2D eigenvalue weighted by Crippen LogP contribution is -2.37. The summed E-state index contributed by atoms with van der Waals surface area (Å²) in [5.41, 5.74) is 4.36. The van der Waals surface area contributed by atoms with Gasteiger partial charge in [-0.2, -0.15) is 4.52 Å². The molecule has 0 aliphatic carbocycles. The molecule has 1 saturated heterocycles. The summed E-state index contributed by atoms with van der Waals surface area (Å²) in [6.07, 6.45) is 2.07.